The number of amides is 3. The Kier molecular flexibility index (Phi) is 7.57. The number of ether oxygens (including phenoxy) is 2. The van der Waals surface area contributed by atoms with Crippen molar-refractivity contribution in [1.29, 1.82) is 0 Å². The van der Waals surface area contributed by atoms with Crippen LogP contribution < -0.4 is 20.7 Å². The third-order valence-corrected chi connectivity index (χ3v) is 7.34. The van der Waals surface area contributed by atoms with Crippen molar-refractivity contribution in [3.63, 3.8) is 0 Å². The molecule has 0 unspecified atom stereocenters. The zero-order valence-electron chi connectivity index (χ0n) is 20.3. The number of halogens is 2. The summed E-state index contributed by atoms with van der Waals surface area (Å²) in [7, 11) is 0. The average Bonchev–Trinajstić information content (AvgIpc) is 3.51. The summed E-state index contributed by atoms with van der Waals surface area (Å²) >= 11 is 0. The zero-order valence-corrected chi connectivity index (χ0v) is 20.3. The van der Waals surface area contributed by atoms with Gasteiger partial charge in [-0.15, -0.1) is 0 Å². The van der Waals surface area contributed by atoms with Gasteiger partial charge in [0.05, 0.1) is 19.1 Å². The molecule has 0 bridgehead atoms. The van der Waals surface area contributed by atoms with E-state index in [0.29, 0.717) is 17.9 Å². The van der Waals surface area contributed by atoms with Crippen LogP contribution in [0.4, 0.5) is 19.3 Å². The van der Waals surface area contributed by atoms with E-state index in [9.17, 15) is 23.5 Å². The number of aliphatic hydroxyl groups excluding tert-OH is 1. The van der Waals surface area contributed by atoms with Crippen molar-refractivity contribution in [2.75, 3.05) is 11.9 Å². The lowest BCUT2D eigenvalue weighted by Gasteiger charge is -2.37. The first-order chi connectivity index (χ1) is 17.9. The number of carbonyl (C=O) groups is 2. The molecule has 0 aromatic heterocycles. The number of fused-ring (bicyclic) bond motifs is 3. The van der Waals surface area contributed by atoms with E-state index in [4.69, 9.17) is 9.47 Å². The predicted molar refractivity (Wildman–Crippen MR) is 131 cm³/mol. The highest BCUT2D eigenvalue weighted by atomic mass is 19.1. The minimum atomic E-state index is -0.633. The fourth-order valence-electron chi connectivity index (χ4n) is 5.54. The summed E-state index contributed by atoms with van der Waals surface area (Å²) in [5.74, 6) is -1.03. The molecule has 3 amide bonds. The van der Waals surface area contributed by atoms with Gasteiger partial charge in [0.1, 0.15) is 29.6 Å². The SMILES string of the molecule is O=C(C[C@@H]1C[C@@H]2c3cc(NC(=O)NC4CCCC4)ccc3O[C@@H]2[C@H](CO)O1)NCc1cc(F)ccc1F. The van der Waals surface area contributed by atoms with E-state index in [1.807, 2.05) is 6.07 Å². The normalized spacial score (nSPS) is 24.6. The third-order valence-electron chi connectivity index (χ3n) is 7.34. The molecule has 1 saturated carbocycles. The molecule has 1 aliphatic carbocycles. The van der Waals surface area contributed by atoms with Crippen LogP contribution in [0.3, 0.4) is 0 Å². The quantitative estimate of drug-likeness (QED) is 0.450. The number of hydrogen-bond acceptors (Lipinski definition) is 5. The lowest BCUT2D eigenvalue weighted by Crippen LogP contribution is -2.47. The Morgan fingerprint density at radius 2 is 1.89 bits per heavy atom. The van der Waals surface area contributed by atoms with Gasteiger partial charge in [0, 0.05) is 35.3 Å². The minimum absolute atomic E-state index is 0.00623. The fraction of sp³-hybridized carbons (Fsp3) is 0.481. The summed E-state index contributed by atoms with van der Waals surface area (Å²) < 4.78 is 39.3. The second-order valence-electron chi connectivity index (χ2n) is 9.95. The molecule has 4 atom stereocenters. The maximum atomic E-state index is 13.9. The van der Waals surface area contributed by atoms with Gasteiger partial charge >= 0.3 is 6.03 Å². The highest BCUT2D eigenvalue weighted by molar-refractivity contribution is 5.89. The summed E-state index contributed by atoms with van der Waals surface area (Å²) in [6.45, 7) is -0.425. The van der Waals surface area contributed by atoms with E-state index >= 15 is 0 Å². The molecule has 2 aromatic carbocycles. The van der Waals surface area contributed by atoms with Crippen molar-refractivity contribution in [2.24, 2.45) is 0 Å². The Hall–Kier alpha value is -3.24. The summed E-state index contributed by atoms with van der Waals surface area (Å²) in [5, 5.41) is 18.5. The summed E-state index contributed by atoms with van der Waals surface area (Å²) in [6.07, 6.45) is 3.13. The van der Waals surface area contributed by atoms with Gasteiger partial charge in [-0.2, -0.15) is 0 Å². The monoisotopic (exact) mass is 515 g/mol. The highest BCUT2D eigenvalue weighted by Gasteiger charge is 2.46. The number of urea groups is 1. The van der Waals surface area contributed by atoms with Crippen LogP contribution in [0.2, 0.25) is 0 Å². The molecule has 2 aliphatic heterocycles. The average molecular weight is 516 g/mol. The van der Waals surface area contributed by atoms with Crippen LogP contribution in [0.5, 0.6) is 5.75 Å². The molecule has 10 heteroatoms. The standard InChI is InChI=1S/C27H31F2N3O5/c28-16-5-7-22(29)15(9-16)13-30-25(34)12-19-11-21-20-10-18(32-27(35)31-17-3-1-2-4-17)6-8-23(20)37-26(21)24(14-33)36-19/h5-10,17,19,21,24,26,33H,1-4,11-14H2,(H,30,34)(H2,31,32,35)/t19-,21+,24-,26-/m0/s1. The Bertz CT molecular complexity index is 1160. The Balaban J connectivity index is 1.22. The van der Waals surface area contributed by atoms with Gasteiger partial charge in [-0.05, 0) is 55.7 Å². The first-order valence-electron chi connectivity index (χ1n) is 12.7. The lowest BCUT2D eigenvalue weighted by atomic mass is 9.84. The molecular formula is C27H31F2N3O5. The highest BCUT2D eigenvalue weighted by Crippen LogP contribution is 2.47. The van der Waals surface area contributed by atoms with Crippen LogP contribution in [0.1, 0.15) is 55.6 Å². The van der Waals surface area contributed by atoms with Crippen molar-refractivity contribution in [1.82, 2.24) is 10.6 Å². The van der Waals surface area contributed by atoms with Gasteiger partial charge in [0.2, 0.25) is 5.91 Å². The topological polar surface area (TPSA) is 109 Å². The molecule has 3 aliphatic rings. The van der Waals surface area contributed by atoms with Crippen LogP contribution in [0.25, 0.3) is 0 Å². The summed E-state index contributed by atoms with van der Waals surface area (Å²) in [5.41, 5.74) is 1.58. The second-order valence-corrected chi connectivity index (χ2v) is 9.95. The number of anilines is 1. The fourth-order valence-corrected chi connectivity index (χ4v) is 5.54. The van der Waals surface area contributed by atoms with Gasteiger partial charge in [-0.1, -0.05) is 12.8 Å². The molecule has 2 fully saturated rings. The minimum Gasteiger partial charge on any atom is -0.487 e. The van der Waals surface area contributed by atoms with E-state index in [1.54, 1.807) is 12.1 Å². The predicted octanol–water partition coefficient (Wildman–Crippen LogP) is 3.73. The van der Waals surface area contributed by atoms with Crippen molar-refractivity contribution in [3.05, 3.63) is 59.2 Å². The number of nitrogens with one attached hydrogen (secondary N) is 3. The second kappa shape index (κ2) is 11.0. The van der Waals surface area contributed by atoms with Gasteiger partial charge in [-0.25, -0.2) is 13.6 Å². The molecule has 0 spiro atoms. The Morgan fingerprint density at radius 3 is 2.68 bits per heavy atom. The summed E-state index contributed by atoms with van der Waals surface area (Å²) in [6, 6.07) is 8.49. The van der Waals surface area contributed by atoms with Crippen molar-refractivity contribution < 1.29 is 33.0 Å². The number of aliphatic hydroxyl groups is 1. The van der Waals surface area contributed by atoms with Crippen molar-refractivity contribution in [2.45, 2.75) is 75.3 Å². The van der Waals surface area contributed by atoms with E-state index < -0.39 is 29.9 Å². The maximum absolute atomic E-state index is 13.9. The van der Waals surface area contributed by atoms with Crippen LogP contribution in [-0.2, 0) is 16.1 Å². The number of carbonyl (C=O) groups excluding carboxylic acids is 2. The molecule has 4 N–H and O–H groups in total. The van der Waals surface area contributed by atoms with Crippen molar-refractivity contribution >= 4 is 17.6 Å². The van der Waals surface area contributed by atoms with E-state index in [0.717, 1.165) is 49.4 Å². The molecule has 2 aromatic rings. The Labute approximate surface area is 213 Å². The zero-order chi connectivity index (χ0) is 25.9. The largest absolute Gasteiger partial charge is 0.487 e. The van der Waals surface area contributed by atoms with Gasteiger partial charge < -0.3 is 30.5 Å². The van der Waals surface area contributed by atoms with E-state index in [-0.39, 0.29) is 49.0 Å². The van der Waals surface area contributed by atoms with Gasteiger partial charge in [0.15, 0.2) is 0 Å². The summed E-state index contributed by atoms with van der Waals surface area (Å²) in [4.78, 5) is 25.0. The molecule has 198 valence electrons. The number of rotatable bonds is 7. The first kappa shape index (κ1) is 25.4. The molecule has 0 radical (unpaired) electrons. The van der Waals surface area contributed by atoms with Gasteiger partial charge in [-0.3, -0.25) is 4.79 Å². The van der Waals surface area contributed by atoms with Crippen LogP contribution in [0, 0.1) is 11.6 Å². The molecule has 5 rings (SSSR count). The van der Waals surface area contributed by atoms with Crippen LogP contribution >= 0.6 is 0 Å². The third kappa shape index (κ3) is 5.86. The van der Waals surface area contributed by atoms with Crippen molar-refractivity contribution in [3.8, 4) is 5.75 Å². The smallest absolute Gasteiger partial charge is 0.319 e. The number of hydrogen-bond donors (Lipinski definition) is 4. The molecule has 37 heavy (non-hydrogen) atoms. The molecule has 1 saturated heterocycles. The van der Waals surface area contributed by atoms with Crippen LogP contribution in [-0.4, -0.2) is 48.0 Å². The molecule has 2 heterocycles. The number of benzene rings is 2. The molecule has 8 nitrogen and oxygen atoms in total. The lowest BCUT2D eigenvalue weighted by molar-refractivity contribution is -0.142. The van der Waals surface area contributed by atoms with Gasteiger partial charge in [0.25, 0.3) is 0 Å². The first-order valence-corrected chi connectivity index (χ1v) is 12.7. The van der Waals surface area contributed by atoms with E-state index in [1.165, 1.54) is 0 Å². The maximum Gasteiger partial charge on any atom is 0.319 e. The molecular weight excluding hydrogens is 484 g/mol. The van der Waals surface area contributed by atoms with E-state index in [2.05, 4.69) is 16.0 Å². The van der Waals surface area contributed by atoms with Crippen LogP contribution in [0.15, 0.2) is 36.4 Å². The Morgan fingerprint density at radius 1 is 1.08 bits per heavy atom.